The van der Waals surface area contributed by atoms with Crippen molar-refractivity contribution in [3.05, 3.63) is 70.8 Å². The Hall–Kier alpha value is -3.43. The minimum absolute atomic E-state index is 0.0850. The summed E-state index contributed by atoms with van der Waals surface area (Å²) in [6, 6.07) is 12.2. The van der Waals surface area contributed by atoms with Crippen molar-refractivity contribution in [2.75, 3.05) is 0 Å². The van der Waals surface area contributed by atoms with Gasteiger partial charge in [0.25, 0.3) is 11.8 Å². The van der Waals surface area contributed by atoms with Crippen LogP contribution in [0.15, 0.2) is 48.5 Å². The number of hydrogen-bond donors (Lipinski definition) is 2. The summed E-state index contributed by atoms with van der Waals surface area (Å²) < 4.78 is 0. The highest BCUT2D eigenvalue weighted by Crippen LogP contribution is 2.27. The Balaban J connectivity index is 1.96. The third kappa shape index (κ3) is 3.08. The van der Waals surface area contributed by atoms with E-state index in [2.05, 4.69) is 11.8 Å². The number of imide groups is 1. The number of benzene rings is 2. The predicted octanol–water partition coefficient (Wildman–Crippen LogP) is 1.52. The van der Waals surface area contributed by atoms with Gasteiger partial charge in [0, 0.05) is 11.1 Å². The molecule has 2 N–H and O–H groups in total. The summed E-state index contributed by atoms with van der Waals surface area (Å²) in [5.74, 6) is 2.94. The number of carboxylic acids is 1. The number of carbonyl (C=O) groups excluding carboxylic acids is 2. The van der Waals surface area contributed by atoms with Crippen LogP contribution in [-0.2, 0) is 4.79 Å². The van der Waals surface area contributed by atoms with E-state index in [9.17, 15) is 24.6 Å². The molecule has 0 bridgehead atoms. The second kappa shape index (κ2) is 6.82. The molecular weight excluding hydrogens is 334 g/mol. The molecular formula is C20H15NO5. The molecule has 26 heavy (non-hydrogen) atoms. The lowest BCUT2D eigenvalue weighted by Crippen LogP contribution is -2.50. The van der Waals surface area contributed by atoms with Crippen LogP contribution in [0.5, 0.6) is 0 Å². The highest BCUT2D eigenvalue weighted by molar-refractivity contribution is 6.22. The lowest BCUT2D eigenvalue weighted by molar-refractivity contribution is -0.145. The molecule has 6 heteroatoms. The minimum Gasteiger partial charge on any atom is -0.480 e. The molecule has 3 rings (SSSR count). The molecule has 0 fully saturated rings. The maximum absolute atomic E-state index is 12.6. The van der Waals surface area contributed by atoms with Crippen molar-refractivity contribution in [3.63, 3.8) is 0 Å². The van der Waals surface area contributed by atoms with Crippen molar-refractivity contribution in [3.8, 4) is 11.8 Å². The summed E-state index contributed by atoms with van der Waals surface area (Å²) in [6.07, 6.45) is -1.40. The highest BCUT2D eigenvalue weighted by atomic mass is 16.4. The molecule has 2 aromatic carbocycles. The Labute approximate surface area is 149 Å². The second-order valence-corrected chi connectivity index (χ2v) is 5.88. The van der Waals surface area contributed by atoms with Crippen LogP contribution in [0, 0.1) is 11.8 Å². The zero-order chi connectivity index (χ0) is 18.8. The van der Waals surface area contributed by atoms with E-state index in [4.69, 9.17) is 0 Å². The Morgan fingerprint density at radius 2 is 1.58 bits per heavy atom. The van der Waals surface area contributed by atoms with Gasteiger partial charge in [-0.15, -0.1) is 0 Å². The molecule has 1 heterocycles. The summed E-state index contributed by atoms with van der Waals surface area (Å²) in [5, 5.41) is 18.9. The number of hydrogen-bond acceptors (Lipinski definition) is 4. The lowest BCUT2D eigenvalue weighted by atomic mass is 10.1. The van der Waals surface area contributed by atoms with Gasteiger partial charge in [-0.25, -0.2) is 4.79 Å². The van der Waals surface area contributed by atoms with Crippen LogP contribution in [0.4, 0.5) is 0 Å². The van der Waals surface area contributed by atoms with Crippen molar-refractivity contribution >= 4 is 17.8 Å². The van der Waals surface area contributed by atoms with Crippen LogP contribution in [0.3, 0.4) is 0 Å². The normalized spacial score (nSPS) is 15.1. The van der Waals surface area contributed by atoms with Crippen LogP contribution >= 0.6 is 0 Å². The molecule has 0 saturated heterocycles. The first-order chi connectivity index (χ1) is 12.4. The topological polar surface area (TPSA) is 94.9 Å². The standard InChI is InChI=1S/C20H15NO5/c1-12(22)17(20(25)26)21-18(23)15-10-9-14(11-16(15)19(21)24)8-7-13-5-3-2-4-6-13/h2-6,9-12,17,22H,1H3,(H,25,26)/t12-,17+/m1/s1. The van der Waals surface area contributed by atoms with Gasteiger partial charge in [-0.1, -0.05) is 30.0 Å². The minimum atomic E-state index is -1.64. The Bertz CT molecular complexity index is 953. The van der Waals surface area contributed by atoms with Crippen LogP contribution in [-0.4, -0.2) is 45.0 Å². The zero-order valence-corrected chi connectivity index (χ0v) is 13.8. The largest absolute Gasteiger partial charge is 0.480 e. The second-order valence-electron chi connectivity index (χ2n) is 5.88. The summed E-state index contributed by atoms with van der Waals surface area (Å²) in [5.41, 5.74) is 1.52. The summed E-state index contributed by atoms with van der Waals surface area (Å²) in [7, 11) is 0. The van der Waals surface area contributed by atoms with E-state index < -0.39 is 29.9 Å². The van der Waals surface area contributed by atoms with Crippen molar-refractivity contribution < 1.29 is 24.6 Å². The molecule has 0 unspecified atom stereocenters. The van der Waals surface area contributed by atoms with Gasteiger partial charge < -0.3 is 10.2 Å². The maximum Gasteiger partial charge on any atom is 0.329 e. The third-order valence-electron chi connectivity index (χ3n) is 4.03. The molecule has 0 aliphatic carbocycles. The Morgan fingerprint density at radius 1 is 0.962 bits per heavy atom. The number of aliphatic hydroxyl groups excluding tert-OH is 1. The molecule has 2 atom stereocenters. The van der Waals surface area contributed by atoms with E-state index in [-0.39, 0.29) is 11.1 Å². The van der Waals surface area contributed by atoms with Gasteiger partial charge in [-0.2, -0.15) is 0 Å². The molecule has 1 aliphatic rings. The molecule has 2 aromatic rings. The molecule has 130 valence electrons. The van der Waals surface area contributed by atoms with Gasteiger partial charge in [0.05, 0.1) is 17.2 Å². The van der Waals surface area contributed by atoms with E-state index in [1.54, 1.807) is 6.07 Å². The van der Waals surface area contributed by atoms with Crippen molar-refractivity contribution in [1.82, 2.24) is 4.90 Å². The summed E-state index contributed by atoms with van der Waals surface area (Å²) >= 11 is 0. The smallest absolute Gasteiger partial charge is 0.329 e. The first-order valence-electron chi connectivity index (χ1n) is 7.90. The number of carboxylic acid groups (broad SMARTS) is 1. The number of fused-ring (bicyclic) bond motifs is 1. The lowest BCUT2D eigenvalue weighted by Gasteiger charge is -2.24. The van der Waals surface area contributed by atoms with Crippen LogP contribution in [0.1, 0.15) is 38.8 Å². The first-order valence-corrected chi connectivity index (χ1v) is 7.90. The van der Waals surface area contributed by atoms with Gasteiger partial charge in [0.2, 0.25) is 0 Å². The molecule has 6 nitrogen and oxygen atoms in total. The number of rotatable bonds is 3. The fourth-order valence-electron chi connectivity index (χ4n) is 2.79. The average Bonchev–Trinajstić information content (AvgIpc) is 2.85. The predicted molar refractivity (Wildman–Crippen MR) is 92.5 cm³/mol. The van der Waals surface area contributed by atoms with Crippen molar-refractivity contribution in [2.24, 2.45) is 0 Å². The number of nitrogens with zero attached hydrogens (tertiary/aromatic N) is 1. The van der Waals surface area contributed by atoms with E-state index >= 15 is 0 Å². The van der Waals surface area contributed by atoms with Gasteiger partial charge in [-0.3, -0.25) is 14.5 Å². The van der Waals surface area contributed by atoms with Crippen LogP contribution in [0.2, 0.25) is 0 Å². The van der Waals surface area contributed by atoms with Crippen molar-refractivity contribution in [2.45, 2.75) is 19.1 Å². The zero-order valence-electron chi connectivity index (χ0n) is 13.8. The van der Waals surface area contributed by atoms with Crippen LogP contribution < -0.4 is 0 Å². The van der Waals surface area contributed by atoms with Gasteiger partial charge in [-0.05, 0) is 37.3 Å². The number of amides is 2. The molecule has 1 aliphatic heterocycles. The number of carbonyl (C=O) groups is 3. The number of aliphatic carboxylic acids is 1. The fraction of sp³-hybridized carbons (Fsp3) is 0.150. The average molecular weight is 349 g/mol. The van der Waals surface area contributed by atoms with E-state index in [1.807, 2.05) is 30.3 Å². The fourth-order valence-corrected chi connectivity index (χ4v) is 2.79. The maximum atomic E-state index is 12.6. The number of aliphatic hydroxyl groups is 1. The quantitative estimate of drug-likeness (QED) is 0.647. The SMILES string of the molecule is C[C@@H](O)[C@@H](C(=O)O)N1C(=O)c2ccc(C#Cc3ccccc3)cc2C1=O. The van der Waals surface area contributed by atoms with E-state index in [0.29, 0.717) is 10.5 Å². The molecule has 0 spiro atoms. The molecule has 0 saturated carbocycles. The molecule has 0 aromatic heterocycles. The Morgan fingerprint density at radius 3 is 2.19 bits per heavy atom. The van der Waals surface area contributed by atoms with Gasteiger partial charge in [0.15, 0.2) is 6.04 Å². The van der Waals surface area contributed by atoms with Crippen molar-refractivity contribution in [1.29, 1.82) is 0 Å². The molecule has 2 amide bonds. The molecule has 0 radical (unpaired) electrons. The monoisotopic (exact) mass is 349 g/mol. The van der Waals surface area contributed by atoms with Gasteiger partial charge >= 0.3 is 5.97 Å². The van der Waals surface area contributed by atoms with Crippen LogP contribution in [0.25, 0.3) is 0 Å². The first kappa shape index (κ1) is 17.4. The summed E-state index contributed by atoms with van der Waals surface area (Å²) in [4.78, 5) is 37.0. The Kier molecular flexibility index (Phi) is 4.57. The van der Waals surface area contributed by atoms with E-state index in [1.165, 1.54) is 19.1 Å². The van der Waals surface area contributed by atoms with E-state index in [0.717, 1.165) is 5.56 Å². The van der Waals surface area contributed by atoms with Gasteiger partial charge in [0.1, 0.15) is 0 Å². The summed E-state index contributed by atoms with van der Waals surface area (Å²) in [6.45, 7) is 1.22. The highest BCUT2D eigenvalue weighted by Gasteiger charge is 2.44. The third-order valence-corrected chi connectivity index (χ3v) is 4.03.